The normalized spacial score (nSPS) is 17.1. The van der Waals surface area contributed by atoms with Gasteiger partial charge in [-0.3, -0.25) is 0 Å². The van der Waals surface area contributed by atoms with Gasteiger partial charge in [-0.2, -0.15) is 0 Å². The zero-order valence-corrected chi connectivity index (χ0v) is 10.9. The number of hydrogen-bond acceptors (Lipinski definition) is 2. The van der Waals surface area contributed by atoms with E-state index in [1.807, 2.05) is 12.1 Å². The van der Waals surface area contributed by atoms with Crippen LogP contribution in [0.1, 0.15) is 17.0 Å². The second-order valence-electron chi connectivity index (χ2n) is 4.41. The minimum Gasteiger partial charge on any atom is -0.495 e. The minimum atomic E-state index is 0.365. The molecule has 0 aromatic heterocycles. The lowest BCUT2D eigenvalue weighted by Crippen LogP contribution is -2.03. The number of anilines is 1. The van der Waals surface area contributed by atoms with Gasteiger partial charge in [0.25, 0.3) is 0 Å². The van der Waals surface area contributed by atoms with E-state index >= 15 is 0 Å². The van der Waals surface area contributed by atoms with Crippen molar-refractivity contribution in [2.45, 2.75) is 5.92 Å². The predicted molar refractivity (Wildman–Crippen MR) is 74.8 cm³/mol. The lowest BCUT2D eigenvalue weighted by atomic mass is 9.93. The van der Waals surface area contributed by atoms with Gasteiger partial charge >= 0.3 is 0 Å². The maximum atomic E-state index is 6.19. The molecule has 3 heteroatoms. The van der Waals surface area contributed by atoms with E-state index in [1.165, 1.54) is 16.8 Å². The van der Waals surface area contributed by atoms with Gasteiger partial charge in [-0.15, -0.1) is 0 Å². The molecule has 1 unspecified atom stereocenters. The largest absolute Gasteiger partial charge is 0.495 e. The third kappa shape index (κ3) is 1.83. The van der Waals surface area contributed by atoms with E-state index in [4.69, 9.17) is 16.3 Å². The summed E-state index contributed by atoms with van der Waals surface area (Å²) in [4.78, 5) is 0. The molecule has 0 spiro atoms. The Labute approximate surface area is 112 Å². The van der Waals surface area contributed by atoms with Gasteiger partial charge in [0.05, 0.1) is 12.1 Å². The van der Waals surface area contributed by atoms with Gasteiger partial charge in [0.2, 0.25) is 0 Å². The molecule has 0 saturated heterocycles. The van der Waals surface area contributed by atoms with E-state index in [1.54, 1.807) is 7.11 Å². The Bertz CT molecular complexity index is 582. The fourth-order valence-corrected chi connectivity index (χ4v) is 2.75. The van der Waals surface area contributed by atoms with Crippen LogP contribution in [0.2, 0.25) is 5.02 Å². The van der Waals surface area contributed by atoms with E-state index in [2.05, 4.69) is 35.6 Å². The van der Waals surface area contributed by atoms with E-state index in [0.29, 0.717) is 10.9 Å². The van der Waals surface area contributed by atoms with Gasteiger partial charge in [0.15, 0.2) is 0 Å². The molecule has 1 N–H and O–H groups in total. The van der Waals surface area contributed by atoms with E-state index in [-0.39, 0.29) is 0 Å². The molecule has 0 amide bonds. The van der Waals surface area contributed by atoms with Crippen LogP contribution in [0.25, 0.3) is 0 Å². The Balaban J connectivity index is 2.00. The van der Waals surface area contributed by atoms with Crippen molar-refractivity contribution in [1.82, 2.24) is 0 Å². The van der Waals surface area contributed by atoms with Crippen molar-refractivity contribution in [1.29, 1.82) is 0 Å². The molecule has 92 valence electrons. The highest BCUT2D eigenvalue weighted by Crippen LogP contribution is 2.38. The molecule has 0 radical (unpaired) electrons. The minimum absolute atomic E-state index is 0.365. The summed E-state index contributed by atoms with van der Waals surface area (Å²) in [6.45, 7) is 0.919. The second-order valence-corrected chi connectivity index (χ2v) is 4.82. The second kappa shape index (κ2) is 4.54. The summed E-state index contributed by atoms with van der Waals surface area (Å²) in [5, 5.41) is 4.09. The van der Waals surface area contributed by atoms with Crippen LogP contribution in [-0.2, 0) is 0 Å². The average molecular weight is 260 g/mol. The number of halogens is 1. The first-order valence-corrected chi connectivity index (χ1v) is 6.33. The van der Waals surface area contributed by atoms with Crippen LogP contribution in [0.15, 0.2) is 42.5 Å². The van der Waals surface area contributed by atoms with E-state index in [9.17, 15) is 0 Å². The molecule has 2 nitrogen and oxygen atoms in total. The molecule has 1 aliphatic heterocycles. The van der Waals surface area contributed by atoms with Crippen LogP contribution in [0.3, 0.4) is 0 Å². The molecule has 0 fully saturated rings. The number of benzene rings is 2. The van der Waals surface area contributed by atoms with Gasteiger partial charge in [0.1, 0.15) is 5.75 Å². The van der Waals surface area contributed by atoms with Gasteiger partial charge in [-0.25, -0.2) is 0 Å². The molecule has 1 aliphatic rings. The summed E-state index contributed by atoms with van der Waals surface area (Å²) >= 11 is 6.19. The summed E-state index contributed by atoms with van der Waals surface area (Å²) in [6, 6.07) is 14.4. The number of ether oxygens (including phenoxy) is 1. The highest BCUT2D eigenvalue weighted by atomic mass is 35.5. The van der Waals surface area contributed by atoms with Crippen molar-refractivity contribution >= 4 is 17.3 Å². The van der Waals surface area contributed by atoms with Crippen LogP contribution in [0, 0.1) is 0 Å². The zero-order chi connectivity index (χ0) is 12.5. The van der Waals surface area contributed by atoms with Gasteiger partial charge in [0, 0.05) is 18.2 Å². The summed E-state index contributed by atoms with van der Waals surface area (Å²) in [6.07, 6.45) is 0. The molecule has 2 aromatic carbocycles. The molecular formula is C15H14ClNO. The third-order valence-electron chi connectivity index (χ3n) is 3.41. The molecule has 0 aliphatic carbocycles. The summed E-state index contributed by atoms with van der Waals surface area (Å²) in [7, 11) is 1.63. The summed E-state index contributed by atoms with van der Waals surface area (Å²) < 4.78 is 5.18. The number of para-hydroxylation sites is 1. The lowest BCUT2D eigenvalue weighted by Gasteiger charge is -2.12. The molecule has 1 atom stereocenters. The molecule has 0 bridgehead atoms. The SMILES string of the molecule is COc1ccc(C2CNc3ccccc32)cc1Cl. The Hall–Kier alpha value is -1.67. The van der Waals surface area contributed by atoms with Crippen molar-refractivity contribution in [2.24, 2.45) is 0 Å². The Morgan fingerprint density at radius 1 is 1.22 bits per heavy atom. The van der Waals surface area contributed by atoms with Gasteiger partial charge in [-0.05, 0) is 29.3 Å². The van der Waals surface area contributed by atoms with Gasteiger partial charge < -0.3 is 10.1 Å². The molecule has 1 heterocycles. The number of nitrogens with one attached hydrogen (secondary N) is 1. The highest BCUT2D eigenvalue weighted by Gasteiger charge is 2.23. The smallest absolute Gasteiger partial charge is 0.137 e. The predicted octanol–water partition coefficient (Wildman–Crippen LogP) is 3.91. The van der Waals surface area contributed by atoms with Crippen LogP contribution in [0.4, 0.5) is 5.69 Å². The number of hydrogen-bond donors (Lipinski definition) is 1. The van der Waals surface area contributed by atoms with Crippen LogP contribution in [0.5, 0.6) is 5.75 Å². The number of methoxy groups -OCH3 is 1. The average Bonchev–Trinajstić information content (AvgIpc) is 2.82. The third-order valence-corrected chi connectivity index (χ3v) is 3.71. The van der Waals surface area contributed by atoms with E-state index < -0.39 is 0 Å². The fraction of sp³-hybridized carbons (Fsp3) is 0.200. The number of fused-ring (bicyclic) bond motifs is 1. The molecule has 18 heavy (non-hydrogen) atoms. The Morgan fingerprint density at radius 2 is 2.06 bits per heavy atom. The van der Waals surface area contributed by atoms with Crippen LogP contribution < -0.4 is 10.1 Å². The lowest BCUT2D eigenvalue weighted by molar-refractivity contribution is 0.415. The maximum absolute atomic E-state index is 6.19. The first-order valence-electron chi connectivity index (χ1n) is 5.96. The highest BCUT2D eigenvalue weighted by molar-refractivity contribution is 6.32. The standard InChI is InChI=1S/C15H14ClNO/c1-18-15-7-6-10(8-13(15)16)12-9-17-14-5-3-2-4-11(12)14/h2-8,12,17H,9H2,1H3. The topological polar surface area (TPSA) is 21.3 Å². The Morgan fingerprint density at radius 3 is 2.83 bits per heavy atom. The fourth-order valence-electron chi connectivity index (χ4n) is 2.48. The monoisotopic (exact) mass is 259 g/mol. The van der Waals surface area contributed by atoms with Crippen LogP contribution in [-0.4, -0.2) is 13.7 Å². The van der Waals surface area contributed by atoms with Crippen LogP contribution >= 0.6 is 11.6 Å². The van der Waals surface area contributed by atoms with Crippen molar-refractivity contribution in [2.75, 3.05) is 19.0 Å². The van der Waals surface area contributed by atoms with Crippen molar-refractivity contribution < 1.29 is 4.74 Å². The first-order chi connectivity index (χ1) is 8.79. The van der Waals surface area contributed by atoms with E-state index in [0.717, 1.165) is 12.3 Å². The summed E-state index contributed by atoms with van der Waals surface area (Å²) in [5.74, 6) is 1.09. The number of rotatable bonds is 2. The van der Waals surface area contributed by atoms with Crippen molar-refractivity contribution in [3.05, 3.63) is 58.6 Å². The molecule has 2 aromatic rings. The molecule has 3 rings (SSSR count). The Kier molecular flexibility index (Phi) is 2.88. The van der Waals surface area contributed by atoms with Crippen molar-refractivity contribution in [3.63, 3.8) is 0 Å². The van der Waals surface area contributed by atoms with Crippen molar-refractivity contribution in [3.8, 4) is 5.75 Å². The zero-order valence-electron chi connectivity index (χ0n) is 10.1. The molecule has 0 saturated carbocycles. The summed E-state index contributed by atoms with van der Waals surface area (Å²) in [5.41, 5.74) is 3.77. The van der Waals surface area contributed by atoms with Gasteiger partial charge in [-0.1, -0.05) is 35.9 Å². The molecular weight excluding hydrogens is 246 g/mol. The first kappa shape index (κ1) is 11.4. The maximum Gasteiger partial charge on any atom is 0.137 e. The quantitative estimate of drug-likeness (QED) is 0.883.